The highest BCUT2D eigenvalue weighted by atomic mass is 16.4. The molecule has 2 heterocycles. The lowest BCUT2D eigenvalue weighted by Crippen LogP contribution is -2.24. The van der Waals surface area contributed by atoms with E-state index in [0.29, 0.717) is 19.0 Å². The van der Waals surface area contributed by atoms with Gasteiger partial charge in [0.2, 0.25) is 5.91 Å². The van der Waals surface area contributed by atoms with Crippen molar-refractivity contribution in [3.63, 3.8) is 0 Å². The van der Waals surface area contributed by atoms with E-state index < -0.39 is 0 Å². The SMILES string of the molecule is C=CC1CC(=O)N(c2ncco2)C1. The average Bonchev–Trinajstić information content (AvgIpc) is 2.72. The highest BCUT2D eigenvalue weighted by molar-refractivity contribution is 5.93. The summed E-state index contributed by atoms with van der Waals surface area (Å²) >= 11 is 0. The molecule has 0 bridgehead atoms. The van der Waals surface area contributed by atoms with Gasteiger partial charge in [-0.2, -0.15) is 0 Å². The lowest BCUT2D eigenvalue weighted by molar-refractivity contribution is -0.117. The summed E-state index contributed by atoms with van der Waals surface area (Å²) in [5.41, 5.74) is 0. The summed E-state index contributed by atoms with van der Waals surface area (Å²) in [6, 6.07) is 0.384. The Kier molecular flexibility index (Phi) is 1.88. The number of carbonyl (C=O) groups is 1. The fraction of sp³-hybridized carbons (Fsp3) is 0.333. The predicted octanol–water partition coefficient (Wildman–Crippen LogP) is 1.21. The van der Waals surface area contributed by atoms with E-state index in [1.807, 2.05) is 0 Å². The number of hydrogen-bond donors (Lipinski definition) is 0. The molecule has 68 valence electrons. The minimum Gasteiger partial charge on any atom is -0.432 e. The standard InChI is InChI=1S/C9H10N2O2/c1-2-7-5-8(12)11(6-7)9-10-3-4-13-9/h2-4,7H,1,5-6H2. The van der Waals surface area contributed by atoms with Crippen molar-refractivity contribution in [2.45, 2.75) is 6.42 Å². The van der Waals surface area contributed by atoms with Gasteiger partial charge in [-0.05, 0) is 0 Å². The lowest BCUT2D eigenvalue weighted by atomic mass is 10.1. The molecule has 1 saturated heterocycles. The summed E-state index contributed by atoms with van der Waals surface area (Å²) in [6.07, 6.45) is 5.29. The van der Waals surface area contributed by atoms with Crippen LogP contribution in [0.2, 0.25) is 0 Å². The van der Waals surface area contributed by atoms with Crippen molar-refractivity contribution in [1.29, 1.82) is 0 Å². The number of oxazole rings is 1. The van der Waals surface area contributed by atoms with Crippen LogP contribution in [0.1, 0.15) is 6.42 Å². The zero-order chi connectivity index (χ0) is 9.26. The molecule has 0 saturated carbocycles. The number of hydrogen-bond acceptors (Lipinski definition) is 3. The molecule has 0 aromatic carbocycles. The van der Waals surface area contributed by atoms with Crippen LogP contribution >= 0.6 is 0 Å². The Hall–Kier alpha value is -1.58. The van der Waals surface area contributed by atoms with E-state index in [4.69, 9.17) is 4.42 Å². The van der Waals surface area contributed by atoms with Crippen molar-refractivity contribution in [1.82, 2.24) is 4.98 Å². The van der Waals surface area contributed by atoms with Crippen LogP contribution in [0.25, 0.3) is 0 Å². The summed E-state index contributed by atoms with van der Waals surface area (Å²) in [5.74, 6) is 0.270. The number of carbonyl (C=O) groups excluding carboxylic acids is 1. The van der Waals surface area contributed by atoms with Crippen molar-refractivity contribution in [2.24, 2.45) is 5.92 Å². The topological polar surface area (TPSA) is 46.3 Å². The van der Waals surface area contributed by atoms with Crippen molar-refractivity contribution in [3.8, 4) is 0 Å². The quantitative estimate of drug-likeness (QED) is 0.639. The molecule has 4 nitrogen and oxygen atoms in total. The highest BCUT2D eigenvalue weighted by Gasteiger charge is 2.30. The van der Waals surface area contributed by atoms with Crippen LogP contribution in [0.4, 0.5) is 6.01 Å². The van der Waals surface area contributed by atoms with Crippen LogP contribution in [0, 0.1) is 5.92 Å². The summed E-state index contributed by atoms with van der Waals surface area (Å²) in [7, 11) is 0. The molecule has 0 radical (unpaired) electrons. The number of aromatic nitrogens is 1. The maximum atomic E-state index is 11.4. The number of amides is 1. The van der Waals surface area contributed by atoms with Crippen LogP contribution in [0.15, 0.2) is 29.5 Å². The largest absolute Gasteiger partial charge is 0.432 e. The Bertz CT molecular complexity index is 318. The average molecular weight is 178 g/mol. The normalized spacial score (nSPS) is 22.3. The summed E-state index contributed by atoms with van der Waals surface area (Å²) in [5, 5.41) is 0. The van der Waals surface area contributed by atoms with E-state index in [1.54, 1.807) is 11.0 Å². The van der Waals surface area contributed by atoms with Crippen molar-refractivity contribution < 1.29 is 9.21 Å². The smallest absolute Gasteiger partial charge is 0.304 e. The van der Waals surface area contributed by atoms with E-state index in [9.17, 15) is 4.79 Å². The molecular weight excluding hydrogens is 168 g/mol. The zero-order valence-corrected chi connectivity index (χ0v) is 7.14. The van der Waals surface area contributed by atoms with Crippen molar-refractivity contribution in [3.05, 3.63) is 25.1 Å². The molecule has 1 aliphatic heterocycles. The molecule has 0 N–H and O–H groups in total. The van der Waals surface area contributed by atoms with Crippen molar-refractivity contribution in [2.75, 3.05) is 11.4 Å². The van der Waals surface area contributed by atoms with Crippen LogP contribution in [-0.4, -0.2) is 17.4 Å². The molecular formula is C9H10N2O2. The first kappa shape index (κ1) is 8.04. The van der Waals surface area contributed by atoms with Crippen molar-refractivity contribution >= 4 is 11.9 Å². The number of rotatable bonds is 2. The molecule has 1 fully saturated rings. The Morgan fingerprint density at radius 2 is 2.62 bits per heavy atom. The molecule has 1 amide bonds. The van der Waals surface area contributed by atoms with E-state index in [0.717, 1.165) is 0 Å². The third-order valence-electron chi connectivity index (χ3n) is 2.14. The molecule has 2 rings (SSSR count). The highest BCUT2D eigenvalue weighted by Crippen LogP contribution is 2.23. The first-order chi connectivity index (χ1) is 6.31. The Morgan fingerprint density at radius 1 is 1.77 bits per heavy atom. The van der Waals surface area contributed by atoms with E-state index in [2.05, 4.69) is 11.6 Å². The lowest BCUT2D eigenvalue weighted by Gasteiger charge is -2.09. The minimum atomic E-state index is 0.0485. The maximum Gasteiger partial charge on any atom is 0.304 e. The predicted molar refractivity (Wildman–Crippen MR) is 47.2 cm³/mol. The molecule has 0 aliphatic carbocycles. The third kappa shape index (κ3) is 1.35. The van der Waals surface area contributed by atoms with Gasteiger partial charge in [-0.3, -0.25) is 9.69 Å². The van der Waals surface area contributed by atoms with Crippen LogP contribution in [0.5, 0.6) is 0 Å². The second-order valence-electron chi connectivity index (χ2n) is 3.02. The molecule has 1 atom stereocenters. The molecule has 1 aromatic rings. The summed E-state index contributed by atoms with van der Waals surface area (Å²) < 4.78 is 5.04. The number of anilines is 1. The molecule has 0 spiro atoms. The van der Waals surface area contributed by atoms with Gasteiger partial charge in [-0.1, -0.05) is 6.08 Å². The van der Waals surface area contributed by atoms with Gasteiger partial charge in [0.25, 0.3) is 0 Å². The fourth-order valence-corrected chi connectivity index (χ4v) is 1.43. The monoisotopic (exact) mass is 178 g/mol. The van der Waals surface area contributed by atoms with Gasteiger partial charge >= 0.3 is 6.01 Å². The second kappa shape index (κ2) is 3.05. The van der Waals surface area contributed by atoms with Gasteiger partial charge in [0, 0.05) is 18.9 Å². The second-order valence-corrected chi connectivity index (χ2v) is 3.02. The van der Waals surface area contributed by atoms with E-state index in [-0.39, 0.29) is 11.8 Å². The van der Waals surface area contributed by atoms with Gasteiger partial charge < -0.3 is 4.42 Å². The van der Waals surface area contributed by atoms with E-state index >= 15 is 0 Å². The first-order valence-electron chi connectivity index (χ1n) is 4.13. The maximum absolute atomic E-state index is 11.4. The summed E-state index contributed by atoms with van der Waals surface area (Å²) in [4.78, 5) is 16.9. The van der Waals surface area contributed by atoms with Gasteiger partial charge in [0.05, 0.1) is 6.20 Å². The molecule has 1 unspecified atom stereocenters. The third-order valence-corrected chi connectivity index (χ3v) is 2.14. The van der Waals surface area contributed by atoms with E-state index in [1.165, 1.54) is 12.5 Å². The summed E-state index contributed by atoms with van der Waals surface area (Å²) in [6.45, 7) is 4.29. The van der Waals surface area contributed by atoms with Gasteiger partial charge in [0.15, 0.2) is 0 Å². The minimum absolute atomic E-state index is 0.0485. The fourth-order valence-electron chi connectivity index (χ4n) is 1.43. The Morgan fingerprint density at radius 3 is 3.15 bits per heavy atom. The molecule has 1 aliphatic rings. The molecule has 1 aromatic heterocycles. The Balaban J connectivity index is 2.18. The van der Waals surface area contributed by atoms with Gasteiger partial charge in [0.1, 0.15) is 6.26 Å². The van der Waals surface area contributed by atoms with Gasteiger partial charge in [-0.25, -0.2) is 4.98 Å². The number of nitrogens with zero attached hydrogens (tertiary/aromatic N) is 2. The Labute approximate surface area is 75.9 Å². The van der Waals surface area contributed by atoms with Crippen LogP contribution in [0.3, 0.4) is 0 Å². The van der Waals surface area contributed by atoms with Crippen LogP contribution < -0.4 is 4.90 Å². The molecule has 13 heavy (non-hydrogen) atoms. The first-order valence-corrected chi connectivity index (χ1v) is 4.13. The van der Waals surface area contributed by atoms with Crippen LogP contribution in [-0.2, 0) is 4.79 Å². The molecule has 4 heteroatoms. The van der Waals surface area contributed by atoms with Gasteiger partial charge in [-0.15, -0.1) is 6.58 Å². The zero-order valence-electron chi connectivity index (χ0n) is 7.14.